The van der Waals surface area contributed by atoms with Crippen molar-refractivity contribution in [2.24, 2.45) is 0 Å². The Hall–Kier alpha value is -2.86. The maximum Gasteiger partial charge on any atom is 0.347 e. The minimum Gasteiger partial charge on any atom is -0.479 e. The Morgan fingerprint density at radius 1 is 1.22 bits per heavy atom. The Morgan fingerprint density at radius 3 is 2.67 bits per heavy atom. The van der Waals surface area contributed by atoms with E-state index in [1.807, 2.05) is 36.2 Å². The van der Waals surface area contributed by atoms with Crippen molar-refractivity contribution in [2.45, 2.75) is 20.0 Å². The van der Waals surface area contributed by atoms with Gasteiger partial charge in [-0.3, -0.25) is 0 Å². The average Bonchev–Trinajstić information content (AvgIpc) is 2.67. The van der Waals surface area contributed by atoms with Crippen LogP contribution in [0.3, 0.4) is 0 Å². The van der Waals surface area contributed by atoms with Gasteiger partial charge >= 0.3 is 5.97 Å². The molecule has 7 heteroatoms. The molecule has 2 aromatic carbocycles. The van der Waals surface area contributed by atoms with Crippen LogP contribution in [0.15, 0.2) is 48.7 Å². The van der Waals surface area contributed by atoms with Gasteiger partial charge in [0.25, 0.3) is 0 Å². The van der Waals surface area contributed by atoms with Gasteiger partial charge < -0.3 is 14.4 Å². The lowest BCUT2D eigenvalue weighted by molar-refractivity contribution is -0.150. The number of carbonyl (C=O) groups is 1. The highest BCUT2D eigenvalue weighted by atomic mass is 35.5. The van der Waals surface area contributed by atoms with Crippen molar-refractivity contribution < 1.29 is 14.3 Å². The Labute approximate surface area is 162 Å². The van der Waals surface area contributed by atoms with Crippen molar-refractivity contribution in [1.29, 1.82) is 0 Å². The molecule has 0 N–H and O–H groups in total. The summed E-state index contributed by atoms with van der Waals surface area (Å²) >= 11 is 6.00. The molecule has 1 unspecified atom stereocenters. The summed E-state index contributed by atoms with van der Waals surface area (Å²) < 4.78 is 10.5. The van der Waals surface area contributed by atoms with E-state index in [0.29, 0.717) is 23.3 Å². The highest BCUT2D eigenvalue weighted by molar-refractivity contribution is 6.31. The van der Waals surface area contributed by atoms with E-state index in [-0.39, 0.29) is 5.97 Å². The Bertz CT molecular complexity index is 947. The lowest BCUT2D eigenvalue weighted by Crippen LogP contribution is -2.26. The number of aromatic nitrogens is 2. The number of ether oxygens (including phenoxy) is 2. The molecule has 0 saturated heterocycles. The van der Waals surface area contributed by atoms with Gasteiger partial charge in [0, 0.05) is 29.3 Å². The SMILES string of the molecule is CCOC(=O)C(C)Oc1ccc(N(C)c2ncc3cc(Cl)ccc3n2)cc1. The van der Waals surface area contributed by atoms with Crippen LogP contribution in [0.2, 0.25) is 5.02 Å². The van der Waals surface area contributed by atoms with Crippen LogP contribution >= 0.6 is 11.6 Å². The highest BCUT2D eigenvalue weighted by Gasteiger charge is 2.16. The molecule has 0 aliphatic heterocycles. The summed E-state index contributed by atoms with van der Waals surface area (Å²) in [4.78, 5) is 22.5. The molecule has 140 valence electrons. The van der Waals surface area contributed by atoms with Crippen molar-refractivity contribution in [3.63, 3.8) is 0 Å². The first-order valence-electron chi connectivity index (χ1n) is 8.57. The summed E-state index contributed by atoms with van der Waals surface area (Å²) in [6, 6.07) is 12.8. The summed E-state index contributed by atoms with van der Waals surface area (Å²) in [5, 5.41) is 1.54. The van der Waals surface area contributed by atoms with E-state index in [4.69, 9.17) is 21.1 Å². The Balaban J connectivity index is 1.74. The summed E-state index contributed by atoms with van der Waals surface area (Å²) in [6.07, 6.45) is 1.09. The molecular formula is C20H20ClN3O3. The molecule has 0 spiro atoms. The zero-order chi connectivity index (χ0) is 19.4. The van der Waals surface area contributed by atoms with Gasteiger partial charge in [0.1, 0.15) is 5.75 Å². The number of rotatable bonds is 6. The van der Waals surface area contributed by atoms with Gasteiger partial charge in [-0.2, -0.15) is 0 Å². The monoisotopic (exact) mass is 385 g/mol. The maximum absolute atomic E-state index is 11.7. The molecule has 3 aromatic rings. The fourth-order valence-corrected chi connectivity index (χ4v) is 2.71. The zero-order valence-electron chi connectivity index (χ0n) is 15.3. The number of halogens is 1. The second kappa shape index (κ2) is 8.22. The molecule has 0 bridgehead atoms. The first-order valence-corrected chi connectivity index (χ1v) is 8.95. The molecule has 1 atom stereocenters. The largest absolute Gasteiger partial charge is 0.479 e. The smallest absolute Gasteiger partial charge is 0.347 e. The third kappa shape index (κ3) is 4.46. The van der Waals surface area contributed by atoms with E-state index in [1.54, 1.807) is 38.2 Å². The molecule has 0 radical (unpaired) electrons. The van der Waals surface area contributed by atoms with Crippen LogP contribution in [0.25, 0.3) is 10.9 Å². The van der Waals surface area contributed by atoms with Crippen molar-refractivity contribution in [3.05, 3.63) is 53.7 Å². The summed E-state index contributed by atoms with van der Waals surface area (Å²) in [6.45, 7) is 3.75. The first kappa shape index (κ1) is 18.9. The molecule has 0 saturated carbocycles. The van der Waals surface area contributed by atoms with Gasteiger partial charge in [-0.1, -0.05) is 11.6 Å². The first-order chi connectivity index (χ1) is 13.0. The van der Waals surface area contributed by atoms with E-state index in [0.717, 1.165) is 16.6 Å². The molecule has 1 aromatic heterocycles. The van der Waals surface area contributed by atoms with E-state index in [1.165, 1.54) is 0 Å². The van der Waals surface area contributed by atoms with Gasteiger partial charge in [-0.05, 0) is 56.3 Å². The third-order valence-electron chi connectivity index (χ3n) is 3.98. The van der Waals surface area contributed by atoms with Crippen molar-refractivity contribution in [3.8, 4) is 5.75 Å². The van der Waals surface area contributed by atoms with Crippen LogP contribution in [-0.2, 0) is 9.53 Å². The number of esters is 1. The lowest BCUT2D eigenvalue weighted by atomic mass is 10.2. The zero-order valence-corrected chi connectivity index (χ0v) is 16.1. The highest BCUT2D eigenvalue weighted by Crippen LogP contribution is 2.25. The normalized spacial score (nSPS) is 11.9. The molecule has 1 heterocycles. The fraction of sp³-hybridized carbons (Fsp3) is 0.250. The quantitative estimate of drug-likeness (QED) is 0.586. The minimum atomic E-state index is -0.663. The maximum atomic E-state index is 11.7. The van der Waals surface area contributed by atoms with Crippen molar-refractivity contribution in [1.82, 2.24) is 9.97 Å². The predicted octanol–water partition coefficient (Wildman–Crippen LogP) is 4.38. The molecule has 0 aliphatic rings. The molecular weight excluding hydrogens is 366 g/mol. The van der Waals surface area contributed by atoms with Crippen LogP contribution in [-0.4, -0.2) is 35.7 Å². The standard InChI is InChI=1S/C20H20ClN3O3/c1-4-26-19(25)13(2)27-17-8-6-16(7-9-17)24(3)20-22-12-14-11-15(21)5-10-18(14)23-20/h5-13H,4H2,1-3H3. The van der Waals surface area contributed by atoms with Crippen LogP contribution in [0.5, 0.6) is 5.75 Å². The van der Waals surface area contributed by atoms with E-state index < -0.39 is 6.10 Å². The second-order valence-electron chi connectivity index (χ2n) is 5.94. The summed E-state index contributed by atoms with van der Waals surface area (Å²) in [5.74, 6) is 0.767. The van der Waals surface area contributed by atoms with Crippen LogP contribution in [0, 0.1) is 0 Å². The molecule has 27 heavy (non-hydrogen) atoms. The number of anilines is 2. The van der Waals surface area contributed by atoms with Crippen molar-refractivity contribution in [2.75, 3.05) is 18.6 Å². The van der Waals surface area contributed by atoms with E-state index in [2.05, 4.69) is 9.97 Å². The van der Waals surface area contributed by atoms with Gasteiger partial charge in [0.2, 0.25) is 5.95 Å². The van der Waals surface area contributed by atoms with Gasteiger partial charge in [0.15, 0.2) is 6.10 Å². The van der Waals surface area contributed by atoms with E-state index >= 15 is 0 Å². The topological polar surface area (TPSA) is 64.6 Å². The number of benzene rings is 2. The predicted molar refractivity (Wildman–Crippen MR) is 106 cm³/mol. The van der Waals surface area contributed by atoms with Crippen LogP contribution in [0.4, 0.5) is 11.6 Å². The molecule has 6 nitrogen and oxygen atoms in total. The molecule has 3 rings (SSSR count). The van der Waals surface area contributed by atoms with E-state index in [9.17, 15) is 4.79 Å². The van der Waals surface area contributed by atoms with Crippen LogP contribution in [0.1, 0.15) is 13.8 Å². The number of nitrogens with zero attached hydrogens (tertiary/aromatic N) is 3. The average molecular weight is 386 g/mol. The minimum absolute atomic E-state index is 0.328. The number of fused-ring (bicyclic) bond motifs is 1. The number of hydrogen-bond donors (Lipinski definition) is 0. The fourth-order valence-electron chi connectivity index (χ4n) is 2.53. The third-order valence-corrected chi connectivity index (χ3v) is 4.22. The lowest BCUT2D eigenvalue weighted by Gasteiger charge is -2.18. The molecule has 0 fully saturated rings. The molecule has 0 amide bonds. The van der Waals surface area contributed by atoms with Crippen LogP contribution < -0.4 is 9.64 Å². The Morgan fingerprint density at radius 2 is 1.96 bits per heavy atom. The summed E-state index contributed by atoms with van der Waals surface area (Å²) in [7, 11) is 1.88. The van der Waals surface area contributed by atoms with Gasteiger partial charge in [-0.15, -0.1) is 0 Å². The van der Waals surface area contributed by atoms with Gasteiger partial charge in [-0.25, -0.2) is 14.8 Å². The number of carbonyl (C=O) groups excluding carboxylic acids is 1. The second-order valence-corrected chi connectivity index (χ2v) is 6.37. The molecule has 0 aliphatic carbocycles. The number of hydrogen-bond acceptors (Lipinski definition) is 6. The summed E-state index contributed by atoms with van der Waals surface area (Å²) in [5.41, 5.74) is 1.71. The van der Waals surface area contributed by atoms with Crippen molar-refractivity contribution >= 4 is 40.1 Å². The van der Waals surface area contributed by atoms with Gasteiger partial charge in [0.05, 0.1) is 12.1 Å². The Kier molecular flexibility index (Phi) is 5.76.